The molecule has 1 aliphatic rings. The van der Waals surface area contributed by atoms with Gasteiger partial charge in [-0.15, -0.1) is 0 Å². The number of halogens is 3. The first-order chi connectivity index (χ1) is 26.1. The van der Waals surface area contributed by atoms with Gasteiger partial charge in [-0.25, -0.2) is 28.7 Å². The third-order valence-corrected chi connectivity index (χ3v) is 10.6. The van der Waals surface area contributed by atoms with Crippen LogP contribution in [0.2, 0.25) is 5.02 Å². The van der Waals surface area contributed by atoms with Crippen molar-refractivity contribution in [1.29, 1.82) is 0 Å². The van der Waals surface area contributed by atoms with Gasteiger partial charge in [0.25, 0.3) is 0 Å². The van der Waals surface area contributed by atoms with E-state index in [0.717, 1.165) is 34.0 Å². The summed E-state index contributed by atoms with van der Waals surface area (Å²) in [5, 5.41) is 1.11. The summed E-state index contributed by atoms with van der Waals surface area (Å²) in [6.45, 7) is 6.94. The van der Waals surface area contributed by atoms with Gasteiger partial charge in [-0.05, 0) is 80.1 Å². The Balaban J connectivity index is 1.34. The van der Waals surface area contributed by atoms with E-state index in [9.17, 15) is 4.39 Å². The second kappa shape index (κ2) is 15.6. The molecule has 3 aromatic carbocycles. The van der Waals surface area contributed by atoms with Crippen LogP contribution in [0.4, 0.5) is 20.4 Å². The van der Waals surface area contributed by atoms with E-state index in [1.54, 1.807) is 27.3 Å². The average molecular weight is 769 g/mol. The highest BCUT2D eigenvalue weighted by Crippen LogP contribution is 2.45. The van der Waals surface area contributed by atoms with Gasteiger partial charge < -0.3 is 24.0 Å². The first kappa shape index (κ1) is 37.1. The van der Waals surface area contributed by atoms with Crippen molar-refractivity contribution in [3.63, 3.8) is 0 Å². The zero-order valence-electron chi connectivity index (χ0n) is 30.8. The van der Waals surface area contributed by atoms with Crippen LogP contribution >= 0.6 is 23.4 Å². The van der Waals surface area contributed by atoms with E-state index in [0.29, 0.717) is 41.5 Å². The Kier molecular flexibility index (Phi) is 10.8. The van der Waals surface area contributed by atoms with E-state index in [1.165, 1.54) is 24.8 Å². The molecule has 0 spiro atoms. The van der Waals surface area contributed by atoms with E-state index in [2.05, 4.69) is 47.1 Å². The molecule has 0 amide bonds. The highest BCUT2D eigenvalue weighted by atomic mass is 35.5. The number of aryl methyl sites for hydroxylation is 1. The molecule has 1 aliphatic heterocycles. The Bertz CT molecular complexity index is 2280. The number of methoxy groups -OCH3 is 2. The van der Waals surface area contributed by atoms with Gasteiger partial charge in [0.15, 0.2) is 5.16 Å². The first-order valence-electron chi connectivity index (χ1n) is 17.4. The van der Waals surface area contributed by atoms with Crippen molar-refractivity contribution in [3.8, 4) is 28.6 Å². The number of benzene rings is 3. The number of anilines is 2. The molecule has 54 heavy (non-hydrogen) atoms. The zero-order valence-corrected chi connectivity index (χ0v) is 32.4. The topological polar surface area (TPSA) is 85.7 Å². The average Bonchev–Trinajstić information content (AvgIpc) is 3.39. The lowest BCUT2D eigenvalue weighted by atomic mass is 10.0. The van der Waals surface area contributed by atoms with Crippen molar-refractivity contribution >= 4 is 45.9 Å². The van der Waals surface area contributed by atoms with Crippen molar-refractivity contribution in [2.45, 2.75) is 45.1 Å². The van der Waals surface area contributed by atoms with Crippen molar-refractivity contribution < 1.29 is 23.0 Å². The summed E-state index contributed by atoms with van der Waals surface area (Å²) in [7, 11) is 3.31. The fraction of sp³-hybridized carbons (Fsp3) is 0.268. The van der Waals surface area contributed by atoms with Crippen LogP contribution in [0.25, 0.3) is 22.2 Å². The molecule has 4 heterocycles. The summed E-state index contributed by atoms with van der Waals surface area (Å²) in [4.78, 5) is 23.9. The molecular weight excluding hydrogens is 730 g/mol. The minimum atomic E-state index is -0.736. The van der Waals surface area contributed by atoms with Gasteiger partial charge in [-0.2, -0.15) is 0 Å². The second-order valence-corrected chi connectivity index (χ2v) is 14.2. The van der Waals surface area contributed by atoms with Crippen LogP contribution in [-0.4, -0.2) is 53.6 Å². The van der Waals surface area contributed by atoms with Crippen molar-refractivity contribution in [1.82, 2.24) is 19.9 Å². The van der Waals surface area contributed by atoms with Gasteiger partial charge in [0, 0.05) is 36.0 Å². The quantitative estimate of drug-likeness (QED) is 0.0939. The predicted octanol–water partition coefficient (Wildman–Crippen LogP) is 9.54. The largest absolute Gasteiger partial charge is 0.497 e. The molecule has 3 aromatic heterocycles. The third kappa shape index (κ3) is 7.07. The molecule has 1 atom stereocenters. The smallest absolute Gasteiger partial charge is 0.227 e. The van der Waals surface area contributed by atoms with Crippen LogP contribution in [-0.2, 0) is 13.1 Å². The lowest BCUT2D eigenvalue weighted by Gasteiger charge is -2.33. The van der Waals surface area contributed by atoms with Crippen LogP contribution in [0, 0.1) is 25.5 Å². The number of thioether (sulfide) groups is 1. The molecule has 0 fully saturated rings. The summed E-state index contributed by atoms with van der Waals surface area (Å²) in [5.41, 5.74) is 3.90. The maximum atomic E-state index is 15.6. The summed E-state index contributed by atoms with van der Waals surface area (Å²) in [6, 6.07) is 21.2. The highest BCUT2D eigenvalue weighted by molar-refractivity contribution is 7.98. The van der Waals surface area contributed by atoms with Gasteiger partial charge in [0.1, 0.15) is 52.3 Å². The predicted molar refractivity (Wildman–Crippen MR) is 210 cm³/mol. The van der Waals surface area contributed by atoms with Gasteiger partial charge >= 0.3 is 0 Å². The van der Waals surface area contributed by atoms with Gasteiger partial charge in [0.05, 0.1) is 37.5 Å². The Hall–Kier alpha value is -5.20. The molecule has 0 saturated carbocycles. The summed E-state index contributed by atoms with van der Waals surface area (Å²) >= 11 is 8.44. The molecule has 9 nitrogen and oxygen atoms in total. The Morgan fingerprint density at radius 1 is 0.926 bits per heavy atom. The second-order valence-electron chi connectivity index (χ2n) is 13.0. The van der Waals surface area contributed by atoms with Crippen LogP contribution in [0.15, 0.2) is 78.1 Å². The number of nitrogens with zero attached hydrogens (tertiary/aromatic N) is 6. The number of aromatic nitrogens is 4. The van der Waals surface area contributed by atoms with Gasteiger partial charge in [-0.3, -0.25) is 0 Å². The van der Waals surface area contributed by atoms with E-state index < -0.39 is 11.6 Å². The number of pyridine rings is 2. The lowest BCUT2D eigenvalue weighted by Crippen LogP contribution is -2.33. The minimum absolute atomic E-state index is 0.0762. The zero-order chi connectivity index (χ0) is 38.1. The highest BCUT2D eigenvalue weighted by Gasteiger charge is 2.32. The van der Waals surface area contributed by atoms with Crippen molar-refractivity contribution in [3.05, 3.63) is 117 Å². The molecule has 0 saturated heterocycles. The lowest BCUT2D eigenvalue weighted by molar-refractivity contribution is 0.317. The van der Waals surface area contributed by atoms with Gasteiger partial charge in [-0.1, -0.05) is 53.7 Å². The Morgan fingerprint density at radius 2 is 1.57 bits per heavy atom. The van der Waals surface area contributed by atoms with Crippen molar-refractivity contribution in [2.24, 2.45) is 0 Å². The van der Waals surface area contributed by atoms with E-state index in [-0.39, 0.29) is 45.9 Å². The van der Waals surface area contributed by atoms with Crippen molar-refractivity contribution in [2.75, 3.05) is 43.4 Å². The summed E-state index contributed by atoms with van der Waals surface area (Å²) < 4.78 is 47.4. The van der Waals surface area contributed by atoms with E-state index >= 15 is 4.39 Å². The minimum Gasteiger partial charge on any atom is -0.497 e. The fourth-order valence-electron chi connectivity index (χ4n) is 6.79. The molecule has 13 heteroatoms. The van der Waals surface area contributed by atoms with E-state index in [4.69, 9.17) is 45.7 Å². The summed E-state index contributed by atoms with van der Waals surface area (Å²) in [6.07, 6.45) is 3.69. The van der Waals surface area contributed by atoms with Crippen LogP contribution in [0.3, 0.4) is 0 Å². The van der Waals surface area contributed by atoms with Gasteiger partial charge in [0.2, 0.25) is 5.88 Å². The maximum Gasteiger partial charge on any atom is 0.227 e. The monoisotopic (exact) mass is 768 g/mol. The number of rotatable bonds is 11. The molecule has 0 bridgehead atoms. The number of ether oxygens (including phenoxy) is 3. The molecule has 6 aromatic rings. The number of hydrogen-bond donors (Lipinski definition) is 0. The van der Waals surface area contributed by atoms with Crippen LogP contribution in [0.1, 0.15) is 40.8 Å². The molecule has 0 N–H and O–H groups in total. The molecule has 0 aliphatic carbocycles. The maximum absolute atomic E-state index is 15.6. The van der Waals surface area contributed by atoms with Crippen LogP contribution in [0.5, 0.6) is 17.4 Å². The Morgan fingerprint density at radius 3 is 2.19 bits per heavy atom. The molecule has 0 unspecified atom stereocenters. The standard InChI is InChI=1S/C41H39ClF2N6O3S/c1-23-20-31(35(44)24(2)34(23)43)36-33(42)37-32-39(48-41(47-37)54-6)50(18-19-53-40(32)46-36)25(3)30-8-7-17-45-38(30)49(21-26-9-13-28(51-4)14-10-26)22-27-11-15-29(52-5)16-12-27/h7-17,20,25H,18-19,21-22H2,1-6H3/t25-/m1/s1. The third-order valence-electron chi connectivity index (χ3n) is 9.69. The molecule has 278 valence electrons. The molecular formula is C41H39ClF2N6O3S. The summed E-state index contributed by atoms with van der Waals surface area (Å²) in [5.74, 6) is 1.85. The van der Waals surface area contributed by atoms with E-state index in [1.807, 2.05) is 36.6 Å². The molecule has 0 radical (unpaired) electrons. The SMILES string of the molecule is COc1ccc(CN(Cc2ccc(OC)cc2)c2ncccc2[C@@H](C)N2CCOc3nc(-c4cc(C)c(F)c(C)c4F)c(Cl)c4nc(SC)nc2c34)cc1. The normalized spacial score (nSPS) is 13.0. The number of hydrogen-bond acceptors (Lipinski definition) is 10. The first-order valence-corrected chi connectivity index (χ1v) is 19.0. The Labute approximate surface area is 322 Å². The fourth-order valence-corrected chi connectivity index (χ4v) is 7.44. The van der Waals surface area contributed by atoms with Crippen LogP contribution < -0.4 is 24.0 Å². The molecule has 7 rings (SSSR count).